The van der Waals surface area contributed by atoms with Crippen LogP contribution in [-0.4, -0.2) is 40.4 Å². The Labute approximate surface area is 95.3 Å². The van der Waals surface area contributed by atoms with Crippen LogP contribution >= 0.6 is 0 Å². The van der Waals surface area contributed by atoms with Crippen LogP contribution in [0.2, 0.25) is 0 Å². The molecule has 1 rings (SSSR count). The van der Waals surface area contributed by atoms with Gasteiger partial charge in [0.15, 0.2) is 5.76 Å². The molecule has 0 saturated heterocycles. The van der Waals surface area contributed by atoms with E-state index in [2.05, 4.69) is 5.10 Å². The Morgan fingerprint density at radius 1 is 1.71 bits per heavy atom. The number of primary amides is 1. The molecule has 3 N–H and O–H groups in total. The van der Waals surface area contributed by atoms with Crippen LogP contribution < -0.4 is 5.73 Å². The van der Waals surface area contributed by atoms with Crippen molar-refractivity contribution >= 4 is 18.1 Å². The molecule has 1 aromatic heterocycles. The van der Waals surface area contributed by atoms with Crippen molar-refractivity contribution in [1.29, 1.82) is 0 Å². The molecule has 0 atom stereocenters. The van der Waals surface area contributed by atoms with Gasteiger partial charge >= 0.3 is 11.9 Å². The number of aliphatic hydroxyl groups is 1. The van der Waals surface area contributed by atoms with Crippen LogP contribution in [0.15, 0.2) is 21.7 Å². The average molecular weight is 242 g/mol. The number of urea groups is 1. The SMILES string of the molecule is NC(=O)N(CCO)/N=C\c1ccc([N+](=O)[O-])o1. The first-order chi connectivity index (χ1) is 8.04. The molecule has 0 aliphatic carbocycles. The molecule has 92 valence electrons. The second-order valence-corrected chi connectivity index (χ2v) is 2.86. The number of hydrazone groups is 1. The average Bonchev–Trinajstić information content (AvgIpc) is 2.72. The van der Waals surface area contributed by atoms with Crippen molar-refractivity contribution in [2.24, 2.45) is 10.8 Å². The number of carbonyl (C=O) groups excluding carboxylic acids is 1. The van der Waals surface area contributed by atoms with Gasteiger partial charge in [0.25, 0.3) is 0 Å². The second kappa shape index (κ2) is 5.61. The van der Waals surface area contributed by atoms with Gasteiger partial charge in [-0.05, 0) is 6.07 Å². The lowest BCUT2D eigenvalue weighted by atomic mass is 10.5. The fourth-order valence-electron chi connectivity index (χ4n) is 0.956. The Kier molecular flexibility index (Phi) is 4.17. The molecule has 0 bridgehead atoms. The molecule has 17 heavy (non-hydrogen) atoms. The summed E-state index contributed by atoms with van der Waals surface area (Å²) in [4.78, 5) is 20.4. The number of amides is 2. The molecule has 0 aliphatic heterocycles. The zero-order valence-electron chi connectivity index (χ0n) is 8.65. The zero-order chi connectivity index (χ0) is 12.8. The van der Waals surface area contributed by atoms with E-state index in [0.717, 1.165) is 17.3 Å². The first kappa shape index (κ1) is 12.6. The highest BCUT2D eigenvalue weighted by Gasteiger charge is 2.11. The van der Waals surface area contributed by atoms with Crippen LogP contribution in [0.1, 0.15) is 5.76 Å². The van der Waals surface area contributed by atoms with Gasteiger partial charge in [-0.15, -0.1) is 0 Å². The number of nitro groups is 1. The van der Waals surface area contributed by atoms with Crippen molar-refractivity contribution in [3.05, 3.63) is 28.0 Å². The summed E-state index contributed by atoms with van der Waals surface area (Å²) in [5, 5.41) is 23.3. The lowest BCUT2D eigenvalue weighted by molar-refractivity contribution is -0.402. The first-order valence-corrected chi connectivity index (χ1v) is 4.50. The number of rotatable bonds is 5. The summed E-state index contributed by atoms with van der Waals surface area (Å²) >= 11 is 0. The van der Waals surface area contributed by atoms with E-state index in [0.29, 0.717) is 0 Å². The van der Waals surface area contributed by atoms with Gasteiger partial charge in [0.1, 0.15) is 4.92 Å². The summed E-state index contributed by atoms with van der Waals surface area (Å²) < 4.78 is 4.76. The third-order valence-corrected chi connectivity index (χ3v) is 1.68. The van der Waals surface area contributed by atoms with E-state index in [1.165, 1.54) is 6.07 Å². The third-order valence-electron chi connectivity index (χ3n) is 1.68. The Morgan fingerprint density at radius 3 is 2.88 bits per heavy atom. The van der Waals surface area contributed by atoms with Crippen molar-refractivity contribution in [3.8, 4) is 0 Å². The topological polar surface area (TPSA) is 135 Å². The second-order valence-electron chi connectivity index (χ2n) is 2.86. The van der Waals surface area contributed by atoms with Crippen molar-refractivity contribution in [2.75, 3.05) is 13.2 Å². The number of aliphatic hydroxyl groups excluding tert-OH is 1. The molecule has 1 heterocycles. The number of hydrogen-bond acceptors (Lipinski definition) is 6. The van der Waals surface area contributed by atoms with Crippen molar-refractivity contribution in [1.82, 2.24) is 5.01 Å². The summed E-state index contributed by atoms with van der Waals surface area (Å²) in [6, 6.07) is 1.62. The normalized spacial score (nSPS) is 10.6. The lowest BCUT2D eigenvalue weighted by Crippen LogP contribution is -2.33. The van der Waals surface area contributed by atoms with Gasteiger partial charge in [0, 0.05) is 0 Å². The summed E-state index contributed by atoms with van der Waals surface area (Å²) in [7, 11) is 0. The molecular weight excluding hydrogens is 232 g/mol. The van der Waals surface area contributed by atoms with Gasteiger partial charge in [-0.2, -0.15) is 5.10 Å². The van der Waals surface area contributed by atoms with E-state index >= 15 is 0 Å². The van der Waals surface area contributed by atoms with Crippen molar-refractivity contribution in [3.63, 3.8) is 0 Å². The van der Waals surface area contributed by atoms with Crippen LogP contribution in [-0.2, 0) is 0 Å². The minimum Gasteiger partial charge on any atom is -0.400 e. The number of hydrogen-bond donors (Lipinski definition) is 2. The van der Waals surface area contributed by atoms with Crippen LogP contribution in [0.25, 0.3) is 0 Å². The fraction of sp³-hybridized carbons (Fsp3) is 0.250. The molecule has 2 amide bonds. The maximum atomic E-state index is 10.8. The minimum atomic E-state index is -0.851. The van der Waals surface area contributed by atoms with Crippen molar-refractivity contribution in [2.45, 2.75) is 0 Å². The van der Waals surface area contributed by atoms with Gasteiger partial charge in [-0.25, -0.2) is 9.80 Å². The zero-order valence-corrected chi connectivity index (χ0v) is 8.65. The van der Waals surface area contributed by atoms with E-state index in [1.807, 2.05) is 0 Å². The van der Waals surface area contributed by atoms with Crippen LogP contribution in [0.5, 0.6) is 0 Å². The summed E-state index contributed by atoms with van der Waals surface area (Å²) in [6.07, 6.45) is 1.09. The number of carbonyl (C=O) groups is 1. The number of nitrogens with zero attached hydrogens (tertiary/aromatic N) is 3. The summed E-state index contributed by atoms with van der Waals surface area (Å²) in [5.41, 5.74) is 4.96. The van der Waals surface area contributed by atoms with E-state index < -0.39 is 16.8 Å². The quantitative estimate of drug-likeness (QED) is 0.422. The van der Waals surface area contributed by atoms with Crippen LogP contribution in [0, 0.1) is 10.1 Å². The molecule has 0 aliphatic rings. The molecule has 0 radical (unpaired) electrons. The van der Waals surface area contributed by atoms with Crippen LogP contribution in [0.3, 0.4) is 0 Å². The van der Waals surface area contributed by atoms with Crippen molar-refractivity contribution < 1.29 is 19.2 Å². The monoisotopic (exact) mass is 242 g/mol. The highest BCUT2D eigenvalue weighted by molar-refractivity contribution is 5.79. The predicted molar refractivity (Wildman–Crippen MR) is 56.3 cm³/mol. The lowest BCUT2D eigenvalue weighted by Gasteiger charge is -2.11. The molecule has 1 aromatic rings. The maximum Gasteiger partial charge on any atom is 0.433 e. The maximum absolute atomic E-state index is 10.8. The summed E-state index contributed by atoms with van der Waals surface area (Å²) in [5.74, 6) is -0.333. The molecule has 9 nitrogen and oxygen atoms in total. The largest absolute Gasteiger partial charge is 0.433 e. The number of furan rings is 1. The molecule has 0 fully saturated rings. The Hall–Kier alpha value is -2.42. The van der Waals surface area contributed by atoms with Crippen LogP contribution in [0.4, 0.5) is 10.7 Å². The molecule has 0 unspecified atom stereocenters. The van der Waals surface area contributed by atoms with E-state index in [9.17, 15) is 14.9 Å². The first-order valence-electron chi connectivity index (χ1n) is 4.50. The highest BCUT2D eigenvalue weighted by atomic mass is 16.6. The predicted octanol–water partition coefficient (Wildman–Crippen LogP) is -0.105. The van der Waals surface area contributed by atoms with Gasteiger partial charge in [0.05, 0.1) is 25.4 Å². The van der Waals surface area contributed by atoms with Gasteiger partial charge < -0.3 is 15.3 Å². The van der Waals surface area contributed by atoms with Gasteiger partial charge in [-0.3, -0.25) is 10.1 Å². The van der Waals surface area contributed by atoms with E-state index in [-0.39, 0.29) is 18.9 Å². The number of nitrogens with two attached hydrogens (primary N) is 1. The Balaban J connectivity index is 2.73. The molecular formula is C8H10N4O5. The molecule has 0 aromatic carbocycles. The smallest absolute Gasteiger partial charge is 0.400 e. The molecule has 0 spiro atoms. The van der Waals surface area contributed by atoms with Gasteiger partial charge in [0.2, 0.25) is 0 Å². The molecule has 0 saturated carbocycles. The summed E-state index contributed by atoms with van der Waals surface area (Å²) in [6.45, 7) is -0.382. The van der Waals surface area contributed by atoms with E-state index in [4.69, 9.17) is 15.3 Å². The fourth-order valence-corrected chi connectivity index (χ4v) is 0.956. The minimum absolute atomic E-state index is 0.0748. The highest BCUT2D eigenvalue weighted by Crippen LogP contribution is 2.13. The van der Waals surface area contributed by atoms with E-state index in [1.54, 1.807) is 0 Å². The third kappa shape index (κ3) is 3.57. The molecule has 9 heteroatoms. The van der Waals surface area contributed by atoms with Gasteiger partial charge in [-0.1, -0.05) is 0 Å². The standard InChI is InChI=1S/C8H10N4O5/c9-8(14)11(3-4-13)10-5-6-1-2-7(17-6)12(15)16/h1-2,5,13H,3-4H2,(H2,9,14)/b10-5-. The Morgan fingerprint density at radius 2 is 2.41 bits per heavy atom. The Bertz CT molecular complexity index is 441.